The van der Waals surface area contributed by atoms with Crippen LogP contribution >= 0.6 is 0 Å². The molecule has 0 aliphatic carbocycles. The number of likely N-dealkylation sites (tertiary alicyclic amines) is 2. The van der Waals surface area contributed by atoms with E-state index in [0.717, 1.165) is 6.42 Å². The van der Waals surface area contributed by atoms with Gasteiger partial charge in [0.1, 0.15) is 0 Å². The first kappa shape index (κ1) is 19.7. The standard InChI is InChI=1S/C18H32N4O3/c1-3-12(2)15(19)18(25)22-10-6-14(7-11-22)17(24)21-8-4-13(5-9-21)16(20)23/h12-15H,3-11,19H2,1-2H3,(H2,20,23)/t12-,15+/m1/s1. The van der Waals surface area contributed by atoms with Crippen LogP contribution in [0.4, 0.5) is 0 Å². The van der Waals surface area contributed by atoms with Crippen molar-refractivity contribution in [2.75, 3.05) is 26.2 Å². The van der Waals surface area contributed by atoms with E-state index in [1.807, 2.05) is 18.7 Å². The van der Waals surface area contributed by atoms with E-state index in [4.69, 9.17) is 11.5 Å². The third kappa shape index (κ3) is 4.71. The smallest absolute Gasteiger partial charge is 0.239 e. The second kappa shape index (κ2) is 8.65. The first-order chi connectivity index (χ1) is 11.8. The third-order valence-electron chi connectivity index (χ3n) is 5.91. The molecule has 0 radical (unpaired) electrons. The summed E-state index contributed by atoms with van der Waals surface area (Å²) in [5.74, 6) is -0.0849. The van der Waals surface area contributed by atoms with Crippen LogP contribution in [-0.4, -0.2) is 59.7 Å². The molecule has 4 N–H and O–H groups in total. The second-order valence-corrected chi connectivity index (χ2v) is 7.51. The summed E-state index contributed by atoms with van der Waals surface area (Å²) in [6.45, 7) is 6.42. The Labute approximate surface area is 150 Å². The van der Waals surface area contributed by atoms with Crippen molar-refractivity contribution in [1.29, 1.82) is 0 Å². The van der Waals surface area contributed by atoms with Gasteiger partial charge in [0.25, 0.3) is 0 Å². The maximum atomic E-state index is 12.7. The molecule has 2 aliphatic heterocycles. The normalized spacial score (nSPS) is 22.5. The molecule has 25 heavy (non-hydrogen) atoms. The number of hydrogen-bond acceptors (Lipinski definition) is 4. The van der Waals surface area contributed by atoms with Gasteiger partial charge in [0.15, 0.2) is 0 Å². The molecule has 142 valence electrons. The number of carbonyl (C=O) groups is 3. The number of nitrogens with two attached hydrogens (primary N) is 2. The topological polar surface area (TPSA) is 110 Å². The molecular formula is C18H32N4O3. The summed E-state index contributed by atoms with van der Waals surface area (Å²) in [6.07, 6.45) is 3.56. The van der Waals surface area contributed by atoms with Crippen molar-refractivity contribution in [2.45, 2.75) is 52.0 Å². The third-order valence-corrected chi connectivity index (χ3v) is 5.91. The Bertz CT molecular complexity index is 495. The van der Waals surface area contributed by atoms with E-state index in [2.05, 4.69) is 0 Å². The van der Waals surface area contributed by atoms with Gasteiger partial charge in [0.05, 0.1) is 6.04 Å². The number of amides is 3. The number of carbonyl (C=O) groups excluding carboxylic acids is 3. The Kier molecular flexibility index (Phi) is 6.81. The van der Waals surface area contributed by atoms with Gasteiger partial charge in [-0.3, -0.25) is 14.4 Å². The number of piperidine rings is 2. The molecule has 0 aromatic carbocycles. The Morgan fingerprint density at radius 1 is 0.960 bits per heavy atom. The summed E-state index contributed by atoms with van der Waals surface area (Å²) in [5.41, 5.74) is 11.4. The first-order valence-electron chi connectivity index (χ1n) is 9.47. The molecule has 2 rings (SSSR count). The molecule has 2 saturated heterocycles. The molecule has 7 nitrogen and oxygen atoms in total. The number of hydrogen-bond donors (Lipinski definition) is 2. The van der Waals surface area contributed by atoms with E-state index in [1.54, 1.807) is 4.90 Å². The first-order valence-corrected chi connectivity index (χ1v) is 9.47. The van der Waals surface area contributed by atoms with Crippen molar-refractivity contribution in [3.63, 3.8) is 0 Å². The van der Waals surface area contributed by atoms with Crippen LogP contribution in [0.15, 0.2) is 0 Å². The molecule has 0 bridgehead atoms. The summed E-state index contributed by atoms with van der Waals surface area (Å²) in [5, 5.41) is 0. The van der Waals surface area contributed by atoms with Crippen LogP contribution in [0.1, 0.15) is 46.0 Å². The average molecular weight is 352 g/mol. The lowest BCUT2D eigenvalue weighted by Gasteiger charge is -2.37. The van der Waals surface area contributed by atoms with E-state index in [1.165, 1.54) is 0 Å². The minimum Gasteiger partial charge on any atom is -0.369 e. The van der Waals surface area contributed by atoms with Crippen LogP contribution in [0, 0.1) is 17.8 Å². The predicted molar refractivity (Wildman–Crippen MR) is 95.2 cm³/mol. The van der Waals surface area contributed by atoms with Crippen molar-refractivity contribution in [2.24, 2.45) is 29.2 Å². The van der Waals surface area contributed by atoms with Crippen LogP contribution in [0.25, 0.3) is 0 Å². The number of rotatable bonds is 5. The van der Waals surface area contributed by atoms with Crippen molar-refractivity contribution in [3.8, 4) is 0 Å². The Balaban J connectivity index is 1.81. The number of primary amides is 1. The highest BCUT2D eigenvalue weighted by molar-refractivity contribution is 5.83. The van der Waals surface area contributed by atoms with E-state index in [-0.39, 0.29) is 35.5 Å². The number of nitrogens with zero attached hydrogens (tertiary/aromatic N) is 2. The monoisotopic (exact) mass is 352 g/mol. The lowest BCUT2D eigenvalue weighted by molar-refractivity contribution is -0.143. The molecule has 2 aliphatic rings. The van der Waals surface area contributed by atoms with Gasteiger partial charge < -0.3 is 21.3 Å². The molecule has 0 unspecified atom stereocenters. The average Bonchev–Trinajstić information content (AvgIpc) is 2.65. The van der Waals surface area contributed by atoms with Crippen molar-refractivity contribution < 1.29 is 14.4 Å². The largest absolute Gasteiger partial charge is 0.369 e. The van der Waals surface area contributed by atoms with E-state index in [9.17, 15) is 14.4 Å². The van der Waals surface area contributed by atoms with Crippen molar-refractivity contribution in [1.82, 2.24) is 9.80 Å². The van der Waals surface area contributed by atoms with Gasteiger partial charge in [-0.25, -0.2) is 0 Å². The van der Waals surface area contributed by atoms with Gasteiger partial charge in [0, 0.05) is 38.0 Å². The molecule has 0 spiro atoms. The summed E-state index contributed by atoms with van der Waals surface area (Å²) in [4.78, 5) is 40.0. The Morgan fingerprint density at radius 3 is 1.92 bits per heavy atom. The van der Waals surface area contributed by atoms with Crippen molar-refractivity contribution in [3.05, 3.63) is 0 Å². The zero-order chi connectivity index (χ0) is 18.6. The molecule has 3 amide bonds. The molecule has 0 aromatic rings. The molecular weight excluding hydrogens is 320 g/mol. The molecule has 0 saturated carbocycles. The Hall–Kier alpha value is -1.63. The molecule has 0 aromatic heterocycles. The van der Waals surface area contributed by atoms with E-state index >= 15 is 0 Å². The van der Waals surface area contributed by atoms with Gasteiger partial charge >= 0.3 is 0 Å². The maximum absolute atomic E-state index is 12.7. The lowest BCUT2D eigenvalue weighted by atomic mass is 9.91. The van der Waals surface area contributed by atoms with Gasteiger partial charge in [-0.05, 0) is 31.6 Å². The fourth-order valence-electron chi connectivity index (χ4n) is 3.70. The van der Waals surface area contributed by atoms with Crippen LogP contribution in [-0.2, 0) is 14.4 Å². The minimum absolute atomic E-state index is 0.00233. The second-order valence-electron chi connectivity index (χ2n) is 7.51. The Morgan fingerprint density at radius 2 is 1.44 bits per heavy atom. The van der Waals surface area contributed by atoms with E-state index in [0.29, 0.717) is 51.9 Å². The zero-order valence-corrected chi connectivity index (χ0v) is 15.4. The lowest BCUT2D eigenvalue weighted by Crippen LogP contribution is -2.51. The molecule has 2 fully saturated rings. The van der Waals surface area contributed by atoms with Crippen LogP contribution in [0.2, 0.25) is 0 Å². The van der Waals surface area contributed by atoms with Gasteiger partial charge in [0.2, 0.25) is 17.7 Å². The highest BCUT2D eigenvalue weighted by Gasteiger charge is 2.34. The zero-order valence-electron chi connectivity index (χ0n) is 15.4. The van der Waals surface area contributed by atoms with E-state index < -0.39 is 6.04 Å². The van der Waals surface area contributed by atoms with Crippen molar-refractivity contribution >= 4 is 17.7 Å². The summed E-state index contributed by atoms with van der Waals surface area (Å²) in [7, 11) is 0. The predicted octanol–water partition coefficient (Wildman–Crippen LogP) is 0.322. The van der Waals surface area contributed by atoms with Crippen LogP contribution in [0.3, 0.4) is 0 Å². The quantitative estimate of drug-likeness (QED) is 0.742. The summed E-state index contributed by atoms with van der Waals surface area (Å²) >= 11 is 0. The van der Waals surface area contributed by atoms with Crippen LogP contribution < -0.4 is 11.5 Å². The fraction of sp³-hybridized carbons (Fsp3) is 0.833. The SMILES string of the molecule is CC[C@@H](C)[C@H](N)C(=O)N1CCC(C(=O)N2CCC(C(N)=O)CC2)CC1. The summed E-state index contributed by atoms with van der Waals surface area (Å²) in [6, 6.07) is -0.454. The minimum atomic E-state index is -0.454. The van der Waals surface area contributed by atoms with Gasteiger partial charge in [-0.2, -0.15) is 0 Å². The highest BCUT2D eigenvalue weighted by atomic mass is 16.2. The molecule has 2 heterocycles. The maximum Gasteiger partial charge on any atom is 0.239 e. The van der Waals surface area contributed by atoms with Gasteiger partial charge in [-0.15, -0.1) is 0 Å². The highest BCUT2D eigenvalue weighted by Crippen LogP contribution is 2.24. The van der Waals surface area contributed by atoms with Crippen LogP contribution in [0.5, 0.6) is 0 Å². The van der Waals surface area contributed by atoms with Gasteiger partial charge in [-0.1, -0.05) is 20.3 Å². The molecule has 7 heteroatoms. The summed E-state index contributed by atoms with van der Waals surface area (Å²) < 4.78 is 0. The molecule has 2 atom stereocenters. The fourth-order valence-corrected chi connectivity index (χ4v) is 3.70.